The largest absolute Gasteiger partial charge is 0.469 e. The molecule has 2 aliphatic heterocycles. The van der Waals surface area contributed by atoms with Crippen LogP contribution in [0.4, 0.5) is 0 Å². The summed E-state index contributed by atoms with van der Waals surface area (Å²) in [6, 6.07) is 1.78. The van der Waals surface area contributed by atoms with E-state index in [1.165, 1.54) is 12.8 Å². The van der Waals surface area contributed by atoms with E-state index in [2.05, 4.69) is 5.32 Å². The molecule has 1 N–H and O–H groups in total. The Morgan fingerprint density at radius 1 is 1.39 bits per heavy atom. The summed E-state index contributed by atoms with van der Waals surface area (Å²) < 4.78 is 5.22. The first kappa shape index (κ1) is 11.8. The minimum absolute atomic E-state index is 0.136. The third-order valence-corrected chi connectivity index (χ3v) is 4.48. The van der Waals surface area contributed by atoms with Gasteiger partial charge in [-0.3, -0.25) is 4.79 Å². The van der Waals surface area contributed by atoms with Crippen LogP contribution in [0, 0.1) is 12.3 Å². The van der Waals surface area contributed by atoms with E-state index in [-0.39, 0.29) is 5.91 Å². The van der Waals surface area contributed by atoms with E-state index in [9.17, 15) is 4.79 Å². The second-order valence-electron chi connectivity index (χ2n) is 5.62. The van der Waals surface area contributed by atoms with Crippen LogP contribution in [0.25, 0.3) is 0 Å². The molecule has 0 aromatic carbocycles. The van der Waals surface area contributed by atoms with Gasteiger partial charge in [-0.05, 0) is 50.8 Å². The van der Waals surface area contributed by atoms with Gasteiger partial charge in [0.2, 0.25) is 0 Å². The van der Waals surface area contributed by atoms with Gasteiger partial charge in [-0.15, -0.1) is 0 Å². The fourth-order valence-corrected chi connectivity index (χ4v) is 3.25. The smallest absolute Gasteiger partial charge is 0.257 e. The normalized spacial score (nSPS) is 22.6. The molecule has 0 atom stereocenters. The van der Waals surface area contributed by atoms with Crippen LogP contribution < -0.4 is 5.32 Å². The molecule has 2 aliphatic rings. The van der Waals surface area contributed by atoms with Gasteiger partial charge in [-0.2, -0.15) is 0 Å². The van der Waals surface area contributed by atoms with Crippen molar-refractivity contribution in [3.05, 3.63) is 23.7 Å². The standard InChI is InChI=1S/C14H20N2O2/c1-11-12(2-9-18-11)13(17)16-8-5-14(10-16)3-6-15-7-4-14/h2,9,15H,3-8,10H2,1H3. The van der Waals surface area contributed by atoms with E-state index in [4.69, 9.17) is 4.42 Å². The molecule has 1 amide bonds. The first-order chi connectivity index (χ1) is 8.70. The van der Waals surface area contributed by atoms with Gasteiger partial charge in [0.25, 0.3) is 5.91 Å². The van der Waals surface area contributed by atoms with Gasteiger partial charge >= 0.3 is 0 Å². The molecule has 18 heavy (non-hydrogen) atoms. The average Bonchev–Trinajstić information content (AvgIpc) is 2.97. The highest BCUT2D eigenvalue weighted by molar-refractivity contribution is 5.95. The zero-order chi connectivity index (χ0) is 12.6. The molecule has 0 radical (unpaired) electrons. The molecule has 2 saturated heterocycles. The number of nitrogens with zero attached hydrogens (tertiary/aromatic N) is 1. The van der Waals surface area contributed by atoms with Gasteiger partial charge in [0, 0.05) is 13.1 Å². The maximum atomic E-state index is 12.4. The molecular formula is C14H20N2O2. The second kappa shape index (κ2) is 4.43. The predicted octanol–water partition coefficient (Wildman–Crippen LogP) is 1.80. The first-order valence-corrected chi connectivity index (χ1v) is 6.74. The van der Waals surface area contributed by atoms with E-state index in [1.807, 2.05) is 11.8 Å². The fourth-order valence-electron chi connectivity index (χ4n) is 3.25. The summed E-state index contributed by atoms with van der Waals surface area (Å²) in [5.41, 5.74) is 1.10. The maximum Gasteiger partial charge on any atom is 0.257 e. The first-order valence-electron chi connectivity index (χ1n) is 6.74. The van der Waals surface area contributed by atoms with E-state index < -0.39 is 0 Å². The van der Waals surface area contributed by atoms with Crippen LogP contribution >= 0.6 is 0 Å². The lowest BCUT2D eigenvalue weighted by molar-refractivity contribution is 0.0760. The summed E-state index contributed by atoms with van der Waals surface area (Å²) in [5, 5.41) is 3.40. The molecule has 0 unspecified atom stereocenters. The van der Waals surface area contributed by atoms with E-state index in [1.54, 1.807) is 12.3 Å². The Bertz CT molecular complexity index is 446. The van der Waals surface area contributed by atoms with Gasteiger partial charge < -0.3 is 14.6 Å². The molecule has 1 spiro atoms. The Kier molecular flexibility index (Phi) is 2.90. The summed E-state index contributed by atoms with van der Waals surface area (Å²) >= 11 is 0. The van der Waals surface area contributed by atoms with Gasteiger partial charge in [0.05, 0.1) is 11.8 Å². The van der Waals surface area contributed by atoms with Crippen LogP contribution in [0.5, 0.6) is 0 Å². The van der Waals surface area contributed by atoms with Crippen molar-refractivity contribution in [3.8, 4) is 0 Å². The van der Waals surface area contributed by atoms with Gasteiger partial charge in [-0.25, -0.2) is 0 Å². The lowest BCUT2D eigenvalue weighted by atomic mass is 9.78. The summed E-state index contributed by atoms with van der Waals surface area (Å²) in [5.74, 6) is 0.864. The van der Waals surface area contributed by atoms with E-state index >= 15 is 0 Å². The molecule has 4 nitrogen and oxygen atoms in total. The van der Waals surface area contributed by atoms with Crippen LogP contribution in [0.15, 0.2) is 16.7 Å². The quantitative estimate of drug-likeness (QED) is 0.824. The third-order valence-electron chi connectivity index (χ3n) is 4.48. The Morgan fingerprint density at radius 2 is 2.17 bits per heavy atom. The zero-order valence-corrected chi connectivity index (χ0v) is 10.9. The van der Waals surface area contributed by atoms with Crippen molar-refractivity contribution >= 4 is 5.91 Å². The van der Waals surface area contributed by atoms with E-state index in [0.29, 0.717) is 5.41 Å². The molecule has 98 valence electrons. The fraction of sp³-hybridized carbons (Fsp3) is 0.643. The number of hydrogen-bond donors (Lipinski definition) is 1. The number of piperidine rings is 1. The highest BCUT2D eigenvalue weighted by atomic mass is 16.3. The highest BCUT2D eigenvalue weighted by Crippen LogP contribution is 2.39. The molecule has 0 aliphatic carbocycles. The van der Waals surface area contributed by atoms with Crippen molar-refractivity contribution in [1.29, 1.82) is 0 Å². The number of amides is 1. The van der Waals surface area contributed by atoms with Crippen LogP contribution in [-0.2, 0) is 0 Å². The molecule has 4 heteroatoms. The lowest BCUT2D eigenvalue weighted by Gasteiger charge is -2.33. The average molecular weight is 248 g/mol. The molecule has 2 fully saturated rings. The van der Waals surface area contributed by atoms with Crippen LogP contribution in [0.1, 0.15) is 35.4 Å². The number of rotatable bonds is 1. The number of hydrogen-bond acceptors (Lipinski definition) is 3. The van der Waals surface area contributed by atoms with Crippen LogP contribution in [0.3, 0.4) is 0 Å². The van der Waals surface area contributed by atoms with E-state index in [0.717, 1.165) is 43.9 Å². The molecule has 0 saturated carbocycles. The Morgan fingerprint density at radius 3 is 2.83 bits per heavy atom. The molecule has 1 aromatic heterocycles. The van der Waals surface area contributed by atoms with Crippen molar-refractivity contribution < 1.29 is 9.21 Å². The number of likely N-dealkylation sites (tertiary alicyclic amines) is 1. The third kappa shape index (κ3) is 1.94. The number of aryl methyl sites for hydroxylation is 1. The second-order valence-corrected chi connectivity index (χ2v) is 5.62. The number of carbonyl (C=O) groups is 1. The zero-order valence-electron chi connectivity index (χ0n) is 10.9. The molecular weight excluding hydrogens is 228 g/mol. The van der Waals surface area contributed by atoms with Crippen LogP contribution in [-0.4, -0.2) is 37.0 Å². The monoisotopic (exact) mass is 248 g/mol. The molecule has 1 aromatic rings. The van der Waals surface area contributed by atoms with Gasteiger partial charge in [0.1, 0.15) is 5.76 Å². The number of furan rings is 1. The predicted molar refractivity (Wildman–Crippen MR) is 68.5 cm³/mol. The summed E-state index contributed by atoms with van der Waals surface area (Å²) in [6.07, 6.45) is 5.14. The Labute approximate surface area is 107 Å². The van der Waals surface area contributed by atoms with Gasteiger partial charge in [-0.1, -0.05) is 0 Å². The van der Waals surface area contributed by atoms with Crippen molar-refractivity contribution in [3.63, 3.8) is 0 Å². The van der Waals surface area contributed by atoms with Crippen molar-refractivity contribution in [2.75, 3.05) is 26.2 Å². The van der Waals surface area contributed by atoms with Crippen molar-refractivity contribution in [1.82, 2.24) is 10.2 Å². The maximum absolute atomic E-state index is 12.4. The number of nitrogens with one attached hydrogen (secondary N) is 1. The Balaban J connectivity index is 1.72. The minimum atomic E-state index is 0.136. The highest BCUT2D eigenvalue weighted by Gasteiger charge is 2.40. The van der Waals surface area contributed by atoms with Gasteiger partial charge in [0.15, 0.2) is 0 Å². The van der Waals surface area contributed by atoms with Crippen molar-refractivity contribution in [2.45, 2.75) is 26.2 Å². The molecule has 3 heterocycles. The SMILES string of the molecule is Cc1occc1C(=O)N1CCC2(CCNCC2)C1. The van der Waals surface area contributed by atoms with Crippen molar-refractivity contribution in [2.24, 2.45) is 5.41 Å². The number of carbonyl (C=O) groups excluding carboxylic acids is 1. The summed E-state index contributed by atoms with van der Waals surface area (Å²) in [6.45, 7) is 5.84. The molecule has 0 bridgehead atoms. The Hall–Kier alpha value is -1.29. The topological polar surface area (TPSA) is 45.5 Å². The molecule has 3 rings (SSSR count). The summed E-state index contributed by atoms with van der Waals surface area (Å²) in [7, 11) is 0. The summed E-state index contributed by atoms with van der Waals surface area (Å²) in [4.78, 5) is 14.4. The van der Waals surface area contributed by atoms with Crippen LogP contribution in [0.2, 0.25) is 0 Å². The lowest BCUT2D eigenvalue weighted by Crippen LogP contribution is -2.39. The minimum Gasteiger partial charge on any atom is -0.469 e.